The van der Waals surface area contributed by atoms with Crippen LogP contribution in [0.4, 0.5) is 11.4 Å². The number of carbonyl (C=O) groups is 2. The maximum Gasteiger partial charge on any atom is 0.337 e. The molecule has 2 aromatic carbocycles. The number of aromatic nitrogens is 2. The van der Waals surface area contributed by atoms with E-state index < -0.39 is 26.9 Å². The van der Waals surface area contributed by atoms with Crippen molar-refractivity contribution in [3.8, 4) is 0 Å². The summed E-state index contributed by atoms with van der Waals surface area (Å²) in [6.45, 7) is 3.43. The van der Waals surface area contributed by atoms with Crippen LogP contribution in [0.25, 0.3) is 0 Å². The van der Waals surface area contributed by atoms with Crippen LogP contribution in [-0.2, 0) is 14.8 Å². The molecule has 0 radical (unpaired) electrons. The molecule has 0 bridgehead atoms. The number of hydrogen-bond acceptors (Lipinski definition) is 6. The molecule has 10 heteroatoms. The fraction of sp³-hybridized carbons (Fsp3) is 0.150. The van der Waals surface area contributed by atoms with Gasteiger partial charge in [0.1, 0.15) is 5.56 Å². The highest BCUT2D eigenvalue weighted by molar-refractivity contribution is 7.92. The van der Waals surface area contributed by atoms with Crippen LogP contribution >= 0.6 is 0 Å². The number of anilines is 2. The van der Waals surface area contributed by atoms with Gasteiger partial charge in [-0.1, -0.05) is 17.7 Å². The summed E-state index contributed by atoms with van der Waals surface area (Å²) in [4.78, 5) is 24.3. The van der Waals surface area contributed by atoms with Crippen LogP contribution in [0.5, 0.6) is 0 Å². The molecule has 3 rings (SSSR count). The molecule has 0 saturated carbocycles. The molecule has 0 atom stereocenters. The monoisotopic (exact) mass is 428 g/mol. The third kappa shape index (κ3) is 4.49. The summed E-state index contributed by atoms with van der Waals surface area (Å²) in [7, 11) is -2.84. The van der Waals surface area contributed by atoms with Gasteiger partial charge in [-0.15, -0.1) is 0 Å². The van der Waals surface area contributed by atoms with Gasteiger partial charge in [-0.25, -0.2) is 4.79 Å². The highest BCUT2D eigenvalue weighted by Crippen LogP contribution is 2.22. The maximum atomic E-state index is 12.8. The van der Waals surface area contributed by atoms with E-state index in [1.165, 1.54) is 31.4 Å². The van der Waals surface area contributed by atoms with Crippen molar-refractivity contribution in [2.75, 3.05) is 17.1 Å². The van der Waals surface area contributed by atoms with E-state index in [1.54, 1.807) is 31.2 Å². The first-order valence-corrected chi connectivity index (χ1v) is 10.3. The number of aromatic amines is 1. The molecule has 0 fully saturated rings. The Kier molecular flexibility index (Phi) is 5.88. The first-order valence-electron chi connectivity index (χ1n) is 8.85. The predicted octanol–water partition coefficient (Wildman–Crippen LogP) is 2.87. The lowest BCUT2D eigenvalue weighted by atomic mass is 10.2. The van der Waals surface area contributed by atoms with E-state index in [0.717, 1.165) is 5.56 Å². The summed E-state index contributed by atoms with van der Waals surface area (Å²) < 4.78 is 32.7. The van der Waals surface area contributed by atoms with Gasteiger partial charge in [0.25, 0.3) is 15.9 Å². The van der Waals surface area contributed by atoms with Gasteiger partial charge in [-0.2, -0.15) is 13.5 Å². The summed E-state index contributed by atoms with van der Waals surface area (Å²) >= 11 is 0. The molecule has 3 aromatic rings. The molecule has 1 heterocycles. The summed E-state index contributed by atoms with van der Waals surface area (Å²) in [5, 5.41) is 8.56. The zero-order chi connectivity index (χ0) is 21.9. The van der Waals surface area contributed by atoms with Crippen molar-refractivity contribution >= 4 is 33.3 Å². The summed E-state index contributed by atoms with van der Waals surface area (Å²) in [5.41, 5.74) is 2.22. The van der Waals surface area contributed by atoms with E-state index in [2.05, 4.69) is 25.0 Å². The number of rotatable bonds is 6. The molecule has 156 valence electrons. The number of benzene rings is 2. The first-order chi connectivity index (χ1) is 14.2. The van der Waals surface area contributed by atoms with Gasteiger partial charge >= 0.3 is 5.97 Å². The third-order valence-corrected chi connectivity index (χ3v) is 5.57. The van der Waals surface area contributed by atoms with Crippen LogP contribution in [0.3, 0.4) is 0 Å². The first kappa shape index (κ1) is 21.1. The summed E-state index contributed by atoms with van der Waals surface area (Å²) in [6.07, 6.45) is 0. The van der Waals surface area contributed by atoms with Crippen molar-refractivity contribution in [1.29, 1.82) is 0 Å². The minimum atomic E-state index is -4.11. The fourth-order valence-electron chi connectivity index (χ4n) is 2.69. The molecule has 0 saturated heterocycles. The van der Waals surface area contributed by atoms with Gasteiger partial charge in [0, 0.05) is 17.1 Å². The van der Waals surface area contributed by atoms with Crippen LogP contribution < -0.4 is 10.0 Å². The Morgan fingerprint density at radius 1 is 0.967 bits per heavy atom. The van der Waals surface area contributed by atoms with Crippen molar-refractivity contribution < 1.29 is 22.7 Å². The topological polar surface area (TPSA) is 130 Å². The van der Waals surface area contributed by atoms with E-state index in [9.17, 15) is 18.0 Å². The molecule has 0 spiro atoms. The largest absolute Gasteiger partial charge is 0.465 e. The van der Waals surface area contributed by atoms with Crippen molar-refractivity contribution in [3.05, 3.63) is 70.9 Å². The van der Waals surface area contributed by atoms with Crippen LogP contribution in [-0.4, -0.2) is 37.6 Å². The number of esters is 1. The van der Waals surface area contributed by atoms with Gasteiger partial charge < -0.3 is 10.1 Å². The maximum absolute atomic E-state index is 12.8. The quantitative estimate of drug-likeness (QED) is 0.518. The van der Waals surface area contributed by atoms with Gasteiger partial charge in [0.15, 0.2) is 0 Å². The van der Waals surface area contributed by atoms with E-state index in [1.807, 2.05) is 6.92 Å². The molecule has 0 aliphatic rings. The molecule has 1 amide bonds. The number of H-pyrrole nitrogens is 1. The number of nitrogens with zero attached hydrogens (tertiary/aromatic N) is 1. The zero-order valence-corrected chi connectivity index (χ0v) is 17.3. The second kappa shape index (κ2) is 8.37. The SMILES string of the molecule is COC(=O)c1ccc(NC(=O)c2c(S(=O)(=O)Nc3ccc(C)cc3)n[nH]c2C)cc1. The Hall–Kier alpha value is -3.66. The number of methoxy groups -OCH3 is 1. The lowest BCUT2D eigenvalue weighted by Crippen LogP contribution is -2.20. The number of hydrogen-bond donors (Lipinski definition) is 3. The van der Waals surface area contributed by atoms with Gasteiger partial charge in [-0.3, -0.25) is 14.6 Å². The standard InChI is InChI=1S/C20H20N4O5S/c1-12-4-8-16(9-5-12)24-30(27,28)19-17(13(2)22-23-19)18(25)21-15-10-6-14(7-11-15)20(26)29-3/h4-11,24H,1-3H3,(H,21,25)(H,22,23). The van der Waals surface area contributed by atoms with Crippen LogP contribution in [0, 0.1) is 13.8 Å². The molecule has 30 heavy (non-hydrogen) atoms. The van der Waals surface area contributed by atoms with Crippen molar-refractivity contribution in [2.24, 2.45) is 0 Å². The second-order valence-corrected chi connectivity index (χ2v) is 8.12. The molecule has 0 aliphatic carbocycles. The van der Waals surface area contributed by atoms with E-state index in [-0.39, 0.29) is 5.56 Å². The molecular formula is C20H20N4O5S. The summed E-state index contributed by atoms with van der Waals surface area (Å²) in [5.74, 6) is -1.16. The van der Waals surface area contributed by atoms with Crippen LogP contribution in [0.2, 0.25) is 0 Å². The average Bonchev–Trinajstić information content (AvgIpc) is 3.12. The number of nitrogens with one attached hydrogen (secondary N) is 3. The minimum Gasteiger partial charge on any atom is -0.465 e. The Morgan fingerprint density at radius 2 is 1.57 bits per heavy atom. The number of sulfonamides is 1. The van der Waals surface area contributed by atoms with E-state index >= 15 is 0 Å². The lowest BCUT2D eigenvalue weighted by molar-refractivity contribution is 0.0600. The molecule has 1 aromatic heterocycles. The Balaban J connectivity index is 1.84. The number of aryl methyl sites for hydroxylation is 2. The number of amides is 1. The fourth-order valence-corrected chi connectivity index (χ4v) is 3.92. The zero-order valence-electron chi connectivity index (χ0n) is 16.5. The van der Waals surface area contributed by atoms with Crippen LogP contribution in [0.1, 0.15) is 32.0 Å². The highest BCUT2D eigenvalue weighted by Gasteiger charge is 2.28. The molecule has 0 unspecified atom stereocenters. The second-order valence-electron chi connectivity index (χ2n) is 6.52. The normalized spacial score (nSPS) is 11.0. The minimum absolute atomic E-state index is 0.105. The Morgan fingerprint density at radius 3 is 2.17 bits per heavy atom. The smallest absolute Gasteiger partial charge is 0.337 e. The van der Waals surface area contributed by atoms with Crippen molar-refractivity contribution in [2.45, 2.75) is 18.9 Å². The Labute approximate surface area is 173 Å². The summed E-state index contributed by atoms with van der Waals surface area (Å²) in [6, 6.07) is 12.8. The van der Waals surface area contributed by atoms with E-state index in [4.69, 9.17) is 0 Å². The Bertz CT molecular complexity index is 1180. The lowest BCUT2D eigenvalue weighted by Gasteiger charge is -2.09. The molecule has 9 nitrogen and oxygen atoms in total. The molecule has 3 N–H and O–H groups in total. The molecule has 0 aliphatic heterocycles. The predicted molar refractivity (Wildman–Crippen MR) is 111 cm³/mol. The van der Waals surface area contributed by atoms with Crippen LogP contribution in [0.15, 0.2) is 53.6 Å². The van der Waals surface area contributed by atoms with Crippen molar-refractivity contribution in [3.63, 3.8) is 0 Å². The number of carbonyl (C=O) groups excluding carboxylic acids is 2. The highest BCUT2D eigenvalue weighted by atomic mass is 32.2. The van der Waals surface area contributed by atoms with Gasteiger partial charge in [-0.05, 0) is 50.2 Å². The van der Waals surface area contributed by atoms with Crippen molar-refractivity contribution in [1.82, 2.24) is 10.2 Å². The average molecular weight is 428 g/mol. The van der Waals surface area contributed by atoms with E-state index in [0.29, 0.717) is 22.6 Å². The van der Waals surface area contributed by atoms with Gasteiger partial charge in [0.2, 0.25) is 5.03 Å². The third-order valence-electron chi connectivity index (χ3n) is 4.26. The van der Waals surface area contributed by atoms with Gasteiger partial charge in [0.05, 0.1) is 12.7 Å². The number of ether oxygens (including phenoxy) is 1. The molecular weight excluding hydrogens is 408 g/mol.